The quantitative estimate of drug-likeness (QED) is 0.725. The highest BCUT2D eigenvalue weighted by Gasteiger charge is 1.87. The molecule has 14 heavy (non-hydrogen) atoms. The SMILES string of the molecule is C=O.C=O.CCCc1ccc(C)cc1. The molecule has 0 radical (unpaired) electrons. The molecule has 0 saturated carbocycles. The molecule has 0 fully saturated rings. The lowest BCUT2D eigenvalue weighted by Gasteiger charge is -1.97. The van der Waals surface area contributed by atoms with Gasteiger partial charge >= 0.3 is 0 Å². The molecule has 0 aliphatic rings. The molecule has 0 aliphatic heterocycles. The number of aryl methyl sites for hydroxylation is 2. The third-order valence-corrected chi connectivity index (χ3v) is 1.66. The summed E-state index contributed by atoms with van der Waals surface area (Å²) in [6.07, 6.45) is 2.45. The van der Waals surface area contributed by atoms with E-state index in [1.807, 2.05) is 13.6 Å². The minimum Gasteiger partial charge on any atom is -0.307 e. The summed E-state index contributed by atoms with van der Waals surface area (Å²) in [6.45, 7) is 8.33. The first kappa shape index (κ1) is 15.1. The van der Waals surface area contributed by atoms with Crippen LogP contribution in [0, 0.1) is 6.92 Å². The topological polar surface area (TPSA) is 34.1 Å². The van der Waals surface area contributed by atoms with E-state index in [-0.39, 0.29) is 0 Å². The Balaban J connectivity index is 0. The number of rotatable bonds is 2. The van der Waals surface area contributed by atoms with E-state index in [4.69, 9.17) is 9.59 Å². The molecule has 0 atom stereocenters. The monoisotopic (exact) mass is 194 g/mol. The summed E-state index contributed by atoms with van der Waals surface area (Å²) in [5.41, 5.74) is 2.80. The summed E-state index contributed by atoms with van der Waals surface area (Å²) in [7, 11) is 0. The standard InChI is InChI=1S/C10H14.2CH2O/c1-3-4-10-7-5-9(2)6-8-10;2*1-2/h5-8H,3-4H2,1-2H3;2*1H2. The minimum atomic E-state index is 1.21. The van der Waals surface area contributed by atoms with Gasteiger partial charge in [0.05, 0.1) is 0 Å². The van der Waals surface area contributed by atoms with Crippen molar-refractivity contribution in [3.63, 3.8) is 0 Å². The van der Waals surface area contributed by atoms with Gasteiger partial charge in [-0.05, 0) is 18.9 Å². The zero-order chi connectivity index (χ0) is 11.4. The molecule has 2 heteroatoms. The molecule has 0 unspecified atom stereocenters. The van der Waals surface area contributed by atoms with Crippen LogP contribution in [0.25, 0.3) is 0 Å². The normalized spacial score (nSPS) is 7.57. The van der Waals surface area contributed by atoms with Gasteiger partial charge in [-0.15, -0.1) is 0 Å². The molecule has 0 saturated heterocycles. The van der Waals surface area contributed by atoms with Crippen LogP contribution in [0.1, 0.15) is 24.5 Å². The van der Waals surface area contributed by atoms with Gasteiger partial charge in [0.1, 0.15) is 13.6 Å². The number of hydrogen-bond acceptors (Lipinski definition) is 2. The molecule has 0 spiro atoms. The molecule has 1 rings (SSSR count). The predicted octanol–water partition coefficient (Wildman–Crippen LogP) is 2.58. The van der Waals surface area contributed by atoms with Crippen molar-refractivity contribution in [3.05, 3.63) is 35.4 Å². The molecule has 0 aromatic heterocycles. The van der Waals surface area contributed by atoms with Crippen LogP contribution in [0.4, 0.5) is 0 Å². The van der Waals surface area contributed by atoms with E-state index < -0.39 is 0 Å². The zero-order valence-corrected chi connectivity index (χ0v) is 8.95. The first-order valence-corrected chi connectivity index (χ1v) is 4.46. The summed E-state index contributed by atoms with van der Waals surface area (Å²) in [5.74, 6) is 0. The van der Waals surface area contributed by atoms with E-state index in [2.05, 4.69) is 38.1 Å². The fraction of sp³-hybridized carbons (Fsp3) is 0.333. The van der Waals surface area contributed by atoms with Gasteiger partial charge in [0, 0.05) is 0 Å². The molecule has 0 amide bonds. The average Bonchev–Trinajstić information content (AvgIpc) is 2.28. The average molecular weight is 194 g/mol. The van der Waals surface area contributed by atoms with Crippen molar-refractivity contribution in [2.75, 3.05) is 0 Å². The third kappa shape index (κ3) is 7.22. The van der Waals surface area contributed by atoms with Gasteiger partial charge in [0.2, 0.25) is 0 Å². The first-order valence-electron chi connectivity index (χ1n) is 4.46. The maximum Gasteiger partial charge on any atom is 0.106 e. The van der Waals surface area contributed by atoms with Gasteiger partial charge in [-0.2, -0.15) is 0 Å². The van der Waals surface area contributed by atoms with Crippen LogP contribution in [-0.2, 0) is 16.0 Å². The van der Waals surface area contributed by atoms with E-state index in [1.165, 1.54) is 24.0 Å². The van der Waals surface area contributed by atoms with E-state index in [1.54, 1.807) is 0 Å². The van der Waals surface area contributed by atoms with Gasteiger partial charge in [-0.1, -0.05) is 43.2 Å². The maximum atomic E-state index is 8.00. The number of benzene rings is 1. The van der Waals surface area contributed by atoms with Crippen LogP contribution in [0.5, 0.6) is 0 Å². The minimum absolute atomic E-state index is 1.21. The molecule has 0 aliphatic carbocycles. The fourth-order valence-electron chi connectivity index (χ4n) is 1.04. The second kappa shape index (κ2) is 11.6. The second-order valence-electron chi connectivity index (χ2n) is 2.74. The Morgan fingerprint density at radius 2 is 1.43 bits per heavy atom. The Labute approximate surface area is 86.0 Å². The number of hydrogen-bond donors (Lipinski definition) is 0. The summed E-state index contributed by atoms with van der Waals surface area (Å²) in [4.78, 5) is 16.0. The number of carbonyl (C=O) groups excluding carboxylic acids is 2. The van der Waals surface area contributed by atoms with Crippen molar-refractivity contribution >= 4 is 13.6 Å². The largest absolute Gasteiger partial charge is 0.307 e. The van der Waals surface area contributed by atoms with Crippen LogP contribution < -0.4 is 0 Å². The van der Waals surface area contributed by atoms with E-state index in [9.17, 15) is 0 Å². The summed E-state index contributed by atoms with van der Waals surface area (Å²) >= 11 is 0. The van der Waals surface area contributed by atoms with Crippen molar-refractivity contribution in [2.24, 2.45) is 0 Å². The molecule has 1 aromatic rings. The van der Waals surface area contributed by atoms with Crippen molar-refractivity contribution < 1.29 is 9.59 Å². The maximum absolute atomic E-state index is 8.00. The summed E-state index contributed by atoms with van der Waals surface area (Å²) < 4.78 is 0. The van der Waals surface area contributed by atoms with Gasteiger partial charge in [0.25, 0.3) is 0 Å². The Morgan fingerprint density at radius 1 is 1.00 bits per heavy atom. The molecular formula is C12H18O2. The number of carbonyl (C=O) groups is 2. The van der Waals surface area contributed by atoms with Crippen LogP contribution in [0.15, 0.2) is 24.3 Å². The van der Waals surface area contributed by atoms with E-state index >= 15 is 0 Å². The van der Waals surface area contributed by atoms with Crippen LogP contribution in [0.3, 0.4) is 0 Å². The van der Waals surface area contributed by atoms with Gasteiger partial charge in [-0.3, -0.25) is 0 Å². The van der Waals surface area contributed by atoms with Crippen molar-refractivity contribution in [1.82, 2.24) is 0 Å². The molecular weight excluding hydrogens is 176 g/mol. The predicted molar refractivity (Wildman–Crippen MR) is 59.4 cm³/mol. The lowest BCUT2D eigenvalue weighted by Crippen LogP contribution is -1.81. The summed E-state index contributed by atoms with van der Waals surface area (Å²) in [5, 5.41) is 0. The second-order valence-corrected chi connectivity index (χ2v) is 2.74. The van der Waals surface area contributed by atoms with Crippen LogP contribution >= 0.6 is 0 Å². The Kier molecular flexibility index (Phi) is 12.4. The van der Waals surface area contributed by atoms with Gasteiger partial charge in [0.15, 0.2) is 0 Å². The Morgan fingerprint density at radius 3 is 1.79 bits per heavy atom. The van der Waals surface area contributed by atoms with E-state index in [0.717, 1.165) is 0 Å². The molecule has 0 bridgehead atoms. The zero-order valence-electron chi connectivity index (χ0n) is 8.95. The Hall–Kier alpha value is -1.44. The fourth-order valence-corrected chi connectivity index (χ4v) is 1.04. The van der Waals surface area contributed by atoms with Crippen molar-refractivity contribution in [2.45, 2.75) is 26.7 Å². The molecule has 2 nitrogen and oxygen atoms in total. The lowest BCUT2D eigenvalue weighted by atomic mass is 10.1. The lowest BCUT2D eigenvalue weighted by molar-refractivity contribution is -0.0987. The molecule has 1 aromatic carbocycles. The highest BCUT2D eigenvalue weighted by molar-refractivity contribution is 5.21. The first-order chi connectivity index (χ1) is 6.83. The van der Waals surface area contributed by atoms with E-state index in [0.29, 0.717) is 0 Å². The van der Waals surface area contributed by atoms with Crippen LogP contribution in [0.2, 0.25) is 0 Å². The molecule has 78 valence electrons. The molecule has 0 N–H and O–H groups in total. The van der Waals surface area contributed by atoms with Crippen LogP contribution in [-0.4, -0.2) is 13.6 Å². The third-order valence-electron chi connectivity index (χ3n) is 1.66. The Bertz CT molecular complexity index is 214. The highest BCUT2D eigenvalue weighted by atomic mass is 16.1. The summed E-state index contributed by atoms with van der Waals surface area (Å²) in [6, 6.07) is 8.76. The van der Waals surface area contributed by atoms with Gasteiger partial charge in [-0.25, -0.2) is 0 Å². The van der Waals surface area contributed by atoms with Crippen molar-refractivity contribution in [3.8, 4) is 0 Å². The smallest absolute Gasteiger partial charge is 0.106 e. The molecule has 0 heterocycles. The highest BCUT2D eigenvalue weighted by Crippen LogP contribution is 2.04. The van der Waals surface area contributed by atoms with Crippen molar-refractivity contribution in [1.29, 1.82) is 0 Å². The van der Waals surface area contributed by atoms with Gasteiger partial charge < -0.3 is 9.59 Å².